The fraction of sp³-hybridized carbons (Fsp3) is 0.939. The molecule has 0 aromatic carbocycles. The van der Waals surface area contributed by atoms with Crippen LogP contribution in [0.2, 0.25) is 0 Å². The molecule has 0 aliphatic carbocycles. The number of ketones is 1. The summed E-state index contributed by atoms with van der Waals surface area (Å²) in [6, 6.07) is 0. The number of carbonyl (C=O) groups is 2. The Morgan fingerprint density at radius 1 is 0.744 bits per heavy atom. The Labute approximate surface area is 263 Å². The van der Waals surface area contributed by atoms with Crippen molar-refractivity contribution >= 4 is 19.6 Å². The van der Waals surface area contributed by atoms with Gasteiger partial charge in [0.25, 0.3) is 7.82 Å². The maximum atomic E-state index is 12.3. The van der Waals surface area contributed by atoms with Gasteiger partial charge in [0.1, 0.15) is 18.3 Å². The van der Waals surface area contributed by atoms with E-state index < -0.39 is 26.5 Å². The first-order valence-corrected chi connectivity index (χ1v) is 18.8. The van der Waals surface area contributed by atoms with E-state index in [1.807, 2.05) is 0 Å². The third-order valence-corrected chi connectivity index (χ3v) is 9.26. The molecule has 0 amide bonds. The maximum Gasteiger partial charge on any atom is 0.313 e. The largest absolute Gasteiger partial charge is 0.756 e. The van der Waals surface area contributed by atoms with Gasteiger partial charge in [-0.25, -0.2) is 0 Å². The molecule has 0 spiro atoms. The molecule has 1 aliphatic heterocycles. The van der Waals surface area contributed by atoms with Gasteiger partial charge in [-0.2, -0.15) is 0 Å². The zero-order valence-electron chi connectivity index (χ0n) is 27.8. The summed E-state index contributed by atoms with van der Waals surface area (Å²) in [6.07, 6.45) is 22.4. The van der Waals surface area contributed by atoms with E-state index >= 15 is 0 Å². The number of rotatable bonds is 30. The van der Waals surface area contributed by atoms with Gasteiger partial charge in [0, 0.05) is 25.9 Å². The van der Waals surface area contributed by atoms with Crippen LogP contribution in [-0.4, -0.2) is 75.4 Å². The van der Waals surface area contributed by atoms with Crippen LogP contribution in [0.5, 0.6) is 0 Å². The summed E-state index contributed by atoms with van der Waals surface area (Å²) in [5.74, 6) is -1.05. The lowest BCUT2D eigenvalue weighted by molar-refractivity contribution is -0.897. The van der Waals surface area contributed by atoms with Crippen molar-refractivity contribution < 1.29 is 42.1 Å². The van der Waals surface area contributed by atoms with Crippen LogP contribution in [0.4, 0.5) is 0 Å². The summed E-state index contributed by atoms with van der Waals surface area (Å²) in [4.78, 5) is 35.5. The highest BCUT2D eigenvalue weighted by atomic mass is 31.2. The fourth-order valence-corrected chi connectivity index (χ4v) is 6.45. The number of hydrogen-bond acceptors (Lipinski definition) is 8. The van der Waals surface area contributed by atoms with E-state index in [0.717, 1.165) is 43.4 Å². The second-order valence-corrected chi connectivity index (χ2v) is 14.2. The zero-order valence-corrected chi connectivity index (χ0v) is 28.7. The number of nitrogens with zero attached hydrogens (tertiary/aromatic N) is 1. The molecule has 1 rings (SSSR count). The fourth-order valence-electron chi connectivity index (χ4n) is 5.67. The van der Waals surface area contributed by atoms with Crippen LogP contribution in [0.25, 0.3) is 0 Å². The van der Waals surface area contributed by atoms with Crippen molar-refractivity contribution in [3.63, 3.8) is 0 Å². The monoisotopic (exact) mass is 633 g/mol. The van der Waals surface area contributed by atoms with Gasteiger partial charge in [0.05, 0.1) is 46.5 Å². The van der Waals surface area contributed by atoms with Gasteiger partial charge in [0.2, 0.25) is 0 Å². The third-order valence-electron chi connectivity index (χ3n) is 8.29. The Hall–Kier alpha value is -0.830. The molecule has 0 N–H and O–H groups in total. The Morgan fingerprint density at radius 2 is 1.26 bits per heavy atom. The lowest BCUT2D eigenvalue weighted by Gasteiger charge is -2.30. The van der Waals surface area contributed by atoms with E-state index in [9.17, 15) is 19.0 Å². The van der Waals surface area contributed by atoms with Crippen LogP contribution in [0.1, 0.15) is 142 Å². The van der Waals surface area contributed by atoms with Gasteiger partial charge in [-0.15, -0.1) is 0 Å². The number of phosphoric ester groups is 1. The molecule has 43 heavy (non-hydrogen) atoms. The molecule has 0 bridgehead atoms. The molecular formula is C33H64NO8P. The van der Waals surface area contributed by atoms with E-state index in [0.29, 0.717) is 13.0 Å². The van der Waals surface area contributed by atoms with E-state index in [1.54, 1.807) is 0 Å². The van der Waals surface area contributed by atoms with E-state index in [1.165, 1.54) is 103 Å². The SMILES string of the molecule is CCCCCCCCCCCCCCCCCCOCC(COP(=O)([O-])OCCC[N+]1(C)CCCC1)OC(=O)CC(C)=O. The summed E-state index contributed by atoms with van der Waals surface area (Å²) in [5.41, 5.74) is 0. The molecule has 9 nitrogen and oxygen atoms in total. The average molecular weight is 634 g/mol. The first-order valence-electron chi connectivity index (χ1n) is 17.4. The molecule has 2 atom stereocenters. The second kappa shape index (κ2) is 25.4. The molecule has 0 aromatic heterocycles. The topological polar surface area (TPSA) is 111 Å². The zero-order chi connectivity index (χ0) is 31.7. The van der Waals surface area contributed by atoms with Gasteiger partial charge in [-0.05, 0) is 13.3 Å². The molecule has 0 radical (unpaired) electrons. The van der Waals surface area contributed by atoms with E-state index in [2.05, 4.69) is 14.0 Å². The number of esters is 1. The molecule has 254 valence electrons. The molecule has 1 saturated heterocycles. The molecule has 2 unspecified atom stereocenters. The number of ether oxygens (including phenoxy) is 2. The smallest absolute Gasteiger partial charge is 0.313 e. The van der Waals surface area contributed by atoms with Gasteiger partial charge >= 0.3 is 5.97 Å². The van der Waals surface area contributed by atoms with Crippen molar-refractivity contribution in [2.45, 2.75) is 148 Å². The number of carbonyl (C=O) groups excluding carboxylic acids is 2. The minimum Gasteiger partial charge on any atom is -0.756 e. The predicted molar refractivity (Wildman–Crippen MR) is 170 cm³/mol. The van der Waals surface area contributed by atoms with Crippen LogP contribution in [0.15, 0.2) is 0 Å². The minimum absolute atomic E-state index is 0.00177. The quantitative estimate of drug-likeness (QED) is 0.0267. The van der Waals surface area contributed by atoms with Crippen molar-refractivity contribution in [1.29, 1.82) is 0 Å². The van der Waals surface area contributed by atoms with E-state index in [-0.39, 0.29) is 25.4 Å². The number of phosphoric acid groups is 1. The molecule has 1 fully saturated rings. The highest BCUT2D eigenvalue weighted by Crippen LogP contribution is 2.38. The number of hydrogen-bond donors (Lipinski definition) is 0. The normalized spacial score (nSPS) is 16.7. The van der Waals surface area contributed by atoms with Crippen molar-refractivity contribution in [3.8, 4) is 0 Å². The first kappa shape index (κ1) is 40.2. The molecule has 1 heterocycles. The standard InChI is InChI=1S/C33H64NO8P/c1-4-5-6-7-8-9-10-11-12-13-14-15-16-17-18-21-26-39-29-32(42-33(36)28-31(2)35)30-41-43(37,38)40-27-22-25-34(3)23-19-20-24-34/h32H,4-30H2,1-3H3. The molecule has 1 aliphatic rings. The number of quaternary nitrogens is 1. The third kappa shape index (κ3) is 24.1. The van der Waals surface area contributed by atoms with Crippen molar-refractivity contribution in [1.82, 2.24) is 0 Å². The summed E-state index contributed by atoms with van der Waals surface area (Å²) in [7, 11) is -2.37. The number of unbranched alkanes of at least 4 members (excludes halogenated alkanes) is 15. The van der Waals surface area contributed by atoms with Crippen molar-refractivity contribution in [3.05, 3.63) is 0 Å². The molecule has 10 heteroatoms. The van der Waals surface area contributed by atoms with Gasteiger partial charge < -0.3 is 27.9 Å². The molecule has 0 saturated carbocycles. The first-order chi connectivity index (χ1) is 20.7. The molecule has 0 aromatic rings. The molecular weight excluding hydrogens is 569 g/mol. The highest BCUT2D eigenvalue weighted by molar-refractivity contribution is 7.45. The Balaban J connectivity index is 2.13. The van der Waals surface area contributed by atoms with E-state index in [4.69, 9.17) is 18.5 Å². The van der Waals surface area contributed by atoms with Crippen LogP contribution in [0.3, 0.4) is 0 Å². The number of Topliss-reactive ketones (excluding diaryl/α,β-unsaturated/α-hetero) is 1. The average Bonchev–Trinajstić information content (AvgIpc) is 3.39. The van der Waals surface area contributed by atoms with Crippen molar-refractivity contribution in [2.75, 3.05) is 53.1 Å². The van der Waals surface area contributed by atoms with Gasteiger partial charge in [-0.1, -0.05) is 103 Å². The summed E-state index contributed by atoms with van der Waals surface area (Å²) in [6.45, 7) is 6.77. The van der Waals surface area contributed by atoms with Gasteiger partial charge in [-0.3, -0.25) is 14.2 Å². The Morgan fingerprint density at radius 3 is 1.77 bits per heavy atom. The van der Waals surface area contributed by atoms with Crippen LogP contribution in [-0.2, 0) is 32.7 Å². The lowest BCUT2D eigenvalue weighted by atomic mass is 10.0. The highest BCUT2D eigenvalue weighted by Gasteiger charge is 2.26. The summed E-state index contributed by atoms with van der Waals surface area (Å²) < 4.78 is 34.2. The Bertz CT molecular complexity index is 759. The number of likely N-dealkylation sites (tertiary alicyclic amines) is 1. The predicted octanol–water partition coefficient (Wildman–Crippen LogP) is 7.29. The Kier molecular flexibility index (Phi) is 23.7. The van der Waals surface area contributed by atoms with Crippen molar-refractivity contribution in [2.24, 2.45) is 0 Å². The summed E-state index contributed by atoms with van der Waals surface area (Å²) in [5, 5.41) is 0. The lowest BCUT2D eigenvalue weighted by Crippen LogP contribution is -2.41. The summed E-state index contributed by atoms with van der Waals surface area (Å²) >= 11 is 0. The van der Waals surface area contributed by atoms with Crippen LogP contribution in [0, 0.1) is 0 Å². The second-order valence-electron chi connectivity index (χ2n) is 12.8. The minimum atomic E-state index is -4.55. The maximum absolute atomic E-state index is 12.3. The van der Waals surface area contributed by atoms with Gasteiger partial charge in [0.15, 0.2) is 0 Å². The van der Waals surface area contributed by atoms with Crippen LogP contribution < -0.4 is 4.89 Å². The van der Waals surface area contributed by atoms with Crippen LogP contribution >= 0.6 is 7.82 Å².